The Morgan fingerprint density at radius 1 is 1.29 bits per heavy atom. The molecule has 0 aliphatic carbocycles. The predicted molar refractivity (Wildman–Crippen MR) is 71.9 cm³/mol. The second-order valence-corrected chi connectivity index (χ2v) is 5.16. The quantitative estimate of drug-likeness (QED) is 0.920. The van der Waals surface area contributed by atoms with Crippen LogP contribution in [0.2, 0.25) is 0 Å². The Morgan fingerprint density at radius 2 is 2.00 bits per heavy atom. The van der Waals surface area contributed by atoms with Crippen molar-refractivity contribution in [3.8, 4) is 0 Å². The highest BCUT2D eigenvalue weighted by atomic mass is 79.9. The van der Waals surface area contributed by atoms with E-state index < -0.39 is 0 Å². The SMILES string of the molecule is FCC[C@@H](c1ccccc1Br)N1CCNCC1. The predicted octanol–water partition coefficient (Wildman–Crippen LogP) is 2.76. The summed E-state index contributed by atoms with van der Waals surface area (Å²) in [5.41, 5.74) is 1.20. The van der Waals surface area contributed by atoms with E-state index in [4.69, 9.17) is 0 Å². The van der Waals surface area contributed by atoms with Gasteiger partial charge < -0.3 is 5.32 Å². The summed E-state index contributed by atoms with van der Waals surface area (Å²) in [5, 5.41) is 3.33. The van der Waals surface area contributed by atoms with Crippen molar-refractivity contribution in [3.63, 3.8) is 0 Å². The molecule has 0 bridgehead atoms. The molecule has 0 aromatic heterocycles. The van der Waals surface area contributed by atoms with E-state index in [1.54, 1.807) is 0 Å². The lowest BCUT2D eigenvalue weighted by atomic mass is 10.0. The molecule has 1 N–H and O–H groups in total. The minimum Gasteiger partial charge on any atom is -0.314 e. The number of hydrogen-bond donors (Lipinski definition) is 1. The third-order valence-corrected chi connectivity index (χ3v) is 3.96. The van der Waals surface area contributed by atoms with Gasteiger partial charge in [0.05, 0.1) is 6.67 Å². The lowest BCUT2D eigenvalue weighted by Crippen LogP contribution is -2.45. The summed E-state index contributed by atoms with van der Waals surface area (Å²) < 4.78 is 13.8. The number of hydrogen-bond acceptors (Lipinski definition) is 2. The zero-order valence-electron chi connectivity index (χ0n) is 9.83. The van der Waals surface area contributed by atoms with Crippen molar-refractivity contribution in [3.05, 3.63) is 34.3 Å². The topological polar surface area (TPSA) is 15.3 Å². The maximum Gasteiger partial charge on any atom is 0.0912 e. The minimum atomic E-state index is -0.268. The molecule has 1 fully saturated rings. The molecule has 0 saturated carbocycles. The van der Waals surface area contributed by atoms with E-state index in [9.17, 15) is 4.39 Å². The van der Waals surface area contributed by atoms with Crippen molar-refractivity contribution in [2.75, 3.05) is 32.9 Å². The second kappa shape index (κ2) is 6.47. The van der Waals surface area contributed by atoms with Gasteiger partial charge in [0, 0.05) is 36.7 Å². The molecule has 94 valence electrons. The first-order valence-corrected chi connectivity index (χ1v) is 6.87. The first-order chi connectivity index (χ1) is 8.33. The summed E-state index contributed by atoms with van der Waals surface area (Å²) >= 11 is 3.57. The normalized spacial score (nSPS) is 19.2. The van der Waals surface area contributed by atoms with Crippen LogP contribution in [-0.4, -0.2) is 37.8 Å². The summed E-state index contributed by atoms with van der Waals surface area (Å²) in [4.78, 5) is 2.37. The van der Waals surface area contributed by atoms with Gasteiger partial charge in [0.1, 0.15) is 0 Å². The third kappa shape index (κ3) is 3.27. The Morgan fingerprint density at radius 3 is 2.65 bits per heavy atom. The van der Waals surface area contributed by atoms with Crippen LogP contribution >= 0.6 is 15.9 Å². The van der Waals surface area contributed by atoms with Gasteiger partial charge in [-0.1, -0.05) is 34.1 Å². The first kappa shape index (κ1) is 13.0. The number of nitrogens with one attached hydrogen (secondary N) is 1. The highest BCUT2D eigenvalue weighted by Crippen LogP contribution is 2.30. The van der Waals surface area contributed by atoms with Crippen molar-refractivity contribution in [1.82, 2.24) is 10.2 Å². The molecule has 4 heteroatoms. The first-order valence-electron chi connectivity index (χ1n) is 6.08. The highest BCUT2D eigenvalue weighted by molar-refractivity contribution is 9.10. The van der Waals surface area contributed by atoms with E-state index in [-0.39, 0.29) is 12.7 Å². The molecule has 0 radical (unpaired) electrons. The maximum absolute atomic E-state index is 12.8. The van der Waals surface area contributed by atoms with Gasteiger partial charge in [-0.3, -0.25) is 9.29 Å². The Hall–Kier alpha value is -0.450. The Bertz CT molecular complexity index is 353. The van der Waals surface area contributed by atoms with Crippen LogP contribution in [0.5, 0.6) is 0 Å². The van der Waals surface area contributed by atoms with Crippen LogP contribution in [0.15, 0.2) is 28.7 Å². The molecule has 17 heavy (non-hydrogen) atoms. The molecule has 0 amide bonds. The molecule has 0 spiro atoms. The number of piperazine rings is 1. The van der Waals surface area contributed by atoms with Crippen LogP contribution in [-0.2, 0) is 0 Å². The van der Waals surface area contributed by atoms with E-state index in [2.05, 4.69) is 32.2 Å². The van der Waals surface area contributed by atoms with Crippen LogP contribution in [0.25, 0.3) is 0 Å². The van der Waals surface area contributed by atoms with Gasteiger partial charge in [0.25, 0.3) is 0 Å². The molecule has 1 heterocycles. The number of rotatable bonds is 4. The van der Waals surface area contributed by atoms with Crippen molar-refractivity contribution in [2.24, 2.45) is 0 Å². The Labute approximate surface area is 110 Å². The fraction of sp³-hybridized carbons (Fsp3) is 0.538. The van der Waals surface area contributed by atoms with E-state index >= 15 is 0 Å². The number of halogens is 2. The molecule has 2 rings (SSSR count). The van der Waals surface area contributed by atoms with Crippen LogP contribution in [0.3, 0.4) is 0 Å². The summed E-state index contributed by atoms with van der Waals surface area (Å²) in [7, 11) is 0. The van der Waals surface area contributed by atoms with Crippen LogP contribution < -0.4 is 5.32 Å². The summed E-state index contributed by atoms with van der Waals surface area (Å²) in [6.07, 6.45) is 0.572. The smallest absolute Gasteiger partial charge is 0.0912 e. The average Bonchev–Trinajstić information content (AvgIpc) is 2.38. The lowest BCUT2D eigenvalue weighted by molar-refractivity contribution is 0.157. The highest BCUT2D eigenvalue weighted by Gasteiger charge is 2.23. The molecule has 2 nitrogen and oxygen atoms in total. The summed E-state index contributed by atoms with van der Waals surface area (Å²) in [6.45, 7) is 3.70. The third-order valence-electron chi connectivity index (χ3n) is 3.24. The van der Waals surface area contributed by atoms with Gasteiger partial charge >= 0.3 is 0 Å². The van der Waals surface area contributed by atoms with Crippen LogP contribution in [0.1, 0.15) is 18.0 Å². The zero-order chi connectivity index (χ0) is 12.1. The monoisotopic (exact) mass is 300 g/mol. The molecule has 0 unspecified atom stereocenters. The van der Waals surface area contributed by atoms with Crippen molar-refractivity contribution in [2.45, 2.75) is 12.5 Å². The average molecular weight is 301 g/mol. The summed E-state index contributed by atoms with van der Waals surface area (Å²) in [5.74, 6) is 0. The fourth-order valence-corrected chi connectivity index (χ4v) is 2.93. The van der Waals surface area contributed by atoms with Crippen molar-refractivity contribution < 1.29 is 4.39 Å². The van der Waals surface area contributed by atoms with Gasteiger partial charge in [-0.25, -0.2) is 0 Å². The molecule has 1 aliphatic heterocycles. The molecule has 1 saturated heterocycles. The fourth-order valence-electron chi connectivity index (χ4n) is 2.38. The van der Waals surface area contributed by atoms with Crippen molar-refractivity contribution in [1.29, 1.82) is 0 Å². The molecular weight excluding hydrogens is 283 g/mol. The second-order valence-electron chi connectivity index (χ2n) is 4.30. The Balaban J connectivity index is 2.18. The molecule has 1 aromatic rings. The molecular formula is C13H18BrFN2. The van der Waals surface area contributed by atoms with Gasteiger partial charge in [0.2, 0.25) is 0 Å². The zero-order valence-corrected chi connectivity index (χ0v) is 11.4. The standard InChI is InChI=1S/C13H18BrFN2/c14-12-4-2-1-3-11(12)13(5-6-15)17-9-7-16-8-10-17/h1-4,13,16H,5-10H2/t13-/m0/s1. The molecule has 1 aromatic carbocycles. The molecule has 1 aliphatic rings. The maximum atomic E-state index is 12.8. The van der Waals surface area contributed by atoms with E-state index in [0.29, 0.717) is 6.42 Å². The lowest BCUT2D eigenvalue weighted by Gasteiger charge is -2.35. The van der Waals surface area contributed by atoms with E-state index in [1.807, 2.05) is 18.2 Å². The number of alkyl halides is 1. The van der Waals surface area contributed by atoms with Crippen LogP contribution in [0, 0.1) is 0 Å². The van der Waals surface area contributed by atoms with Gasteiger partial charge in [0.15, 0.2) is 0 Å². The summed E-state index contributed by atoms with van der Waals surface area (Å²) in [6, 6.07) is 8.33. The number of nitrogens with zero attached hydrogens (tertiary/aromatic N) is 1. The van der Waals surface area contributed by atoms with Gasteiger partial charge in [-0.2, -0.15) is 0 Å². The van der Waals surface area contributed by atoms with Crippen molar-refractivity contribution >= 4 is 15.9 Å². The van der Waals surface area contributed by atoms with Gasteiger partial charge in [-0.05, 0) is 18.1 Å². The van der Waals surface area contributed by atoms with E-state index in [0.717, 1.165) is 30.7 Å². The number of benzene rings is 1. The molecule has 1 atom stereocenters. The van der Waals surface area contributed by atoms with Crippen LogP contribution in [0.4, 0.5) is 4.39 Å². The van der Waals surface area contributed by atoms with Gasteiger partial charge in [-0.15, -0.1) is 0 Å². The minimum absolute atomic E-state index is 0.192. The van der Waals surface area contributed by atoms with E-state index in [1.165, 1.54) is 5.56 Å². The largest absolute Gasteiger partial charge is 0.314 e. The Kier molecular flexibility index (Phi) is 4.95.